The van der Waals surface area contributed by atoms with Crippen molar-refractivity contribution in [3.05, 3.63) is 76.1 Å². The van der Waals surface area contributed by atoms with Crippen LogP contribution < -0.4 is 10.2 Å². The first-order valence-electron chi connectivity index (χ1n) is 7.02. The molecule has 4 nitrogen and oxygen atoms in total. The van der Waals surface area contributed by atoms with Gasteiger partial charge in [-0.2, -0.15) is 0 Å². The Balaban J connectivity index is 2.12. The third-order valence-electron chi connectivity index (χ3n) is 3.91. The van der Waals surface area contributed by atoms with Gasteiger partial charge in [-0.25, -0.2) is 0 Å². The van der Waals surface area contributed by atoms with Crippen LogP contribution in [-0.4, -0.2) is 16.8 Å². The molecule has 1 unspecified atom stereocenters. The van der Waals surface area contributed by atoms with Crippen molar-refractivity contribution < 1.29 is 9.84 Å². The number of aliphatic hydroxyl groups excluding tert-OH is 1. The van der Waals surface area contributed by atoms with Crippen LogP contribution in [0, 0.1) is 0 Å². The van der Waals surface area contributed by atoms with Gasteiger partial charge in [-0.05, 0) is 29.8 Å². The summed E-state index contributed by atoms with van der Waals surface area (Å²) in [5, 5.41) is 11.3. The number of para-hydroxylation sites is 1. The van der Waals surface area contributed by atoms with Crippen LogP contribution >= 0.6 is 0 Å². The van der Waals surface area contributed by atoms with Gasteiger partial charge < -0.3 is 14.4 Å². The maximum atomic E-state index is 12.2. The number of methoxy groups -OCH3 is 1. The molecule has 1 N–H and O–H groups in total. The highest BCUT2D eigenvalue weighted by Gasteiger charge is 2.16. The van der Waals surface area contributed by atoms with E-state index in [9.17, 15) is 9.90 Å². The fourth-order valence-corrected chi connectivity index (χ4v) is 2.64. The van der Waals surface area contributed by atoms with Crippen LogP contribution in [0.1, 0.15) is 17.4 Å². The summed E-state index contributed by atoms with van der Waals surface area (Å²) in [5.41, 5.74) is 1.99. The minimum atomic E-state index is -0.867. The van der Waals surface area contributed by atoms with Crippen LogP contribution in [0.2, 0.25) is 0 Å². The predicted octanol–water partition coefficient (Wildman–Crippen LogP) is 2.63. The molecule has 0 aliphatic carbocycles. The van der Waals surface area contributed by atoms with E-state index in [1.807, 2.05) is 29.8 Å². The Hall–Kier alpha value is -2.59. The molecular formula is C18H17NO3. The number of pyridine rings is 1. The Morgan fingerprint density at radius 3 is 2.45 bits per heavy atom. The van der Waals surface area contributed by atoms with Gasteiger partial charge >= 0.3 is 0 Å². The van der Waals surface area contributed by atoms with Crippen molar-refractivity contribution in [3.63, 3.8) is 0 Å². The van der Waals surface area contributed by atoms with Gasteiger partial charge in [0.05, 0.1) is 18.3 Å². The maximum absolute atomic E-state index is 12.2. The monoisotopic (exact) mass is 295 g/mol. The standard InChI is InChI=1S/C18H17NO3/c1-19-15-6-4-3-5-14(15)17(20)11-16(19)18(21)12-7-9-13(22-2)10-8-12/h3-11,18,21H,1-2H3. The number of nitrogens with zero attached hydrogens (tertiary/aromatic N) is 1. The lowest BCUT2D eigenvalue weighted by molar-refractivity contribution is 0.211. The van der Waals surface area contributed by atoms with Crippen LogP contribution in [0.4, 0.5) is 0 Å². The second-order valence-corrected chi connectivity index (χ2v) is 5.19. The van der Waals surface area contributed by atoms with Gasteiger partial charge in [0, 0.05) is 18.5 Å². The molecule has 1 aromatic heterocycles. The fourth-order valence-electron chi connectivity index (χ4n) is 2.64. The molecular weight excluding hydrogens is 278 g/mol. The molecule has 112 valence electrons. The molecule has 0 aliphatic rings. The predicted molar refractivity (Wildman–Crippen MR) is 86.2 cm³/mol. The summed E-state index contributed by atoms with van der Waals surface area (Å²) >= 11 is 0. The lowest BCUT2D eigenvalue weighted by atomic mass is 10.0. The van der Waals surface area contributed by atoms with Crippen molar-refractivity contribution >= 4 is 10.9 Å². The van der Waals surface area contributed by atoms with E-state index in [2.05, 4.69) is 0 Å². The molecule has 1 heterocycles. The molecule has 22 heavy (non-hydrogen) atoms. The first-order chi connectivity index (χ1) is 10.6. The summed E-state index contributed by atoms with van der Waals surface area (Å²) in [7, 11) is 3.45. The third-order valence-corrected chi connectivity index (χ3v) is 3.91. The van der Waals surface area contributed by atoms with Crippen molar-refractivity contribution in [2.45, 2.75) is 6.10 Å². The van der Waals surface area contributed by atoms with E-state index in [4.69, 9.17) is 4.74 Å². The minimum absolute atomic E-state index is 0.0868. The number of rotatable bonds is 3. The zero-order valence-corrected chi connectivity index (χ0v) is 12.5. The molecule has 0 aliphatic heterocycles. The Labute approximate surface area is 128 Å². The SMILES string of the molecule is COc1ccc(C(O)c2cc(=O)c3ccccc3n2C)cc1. The summed E-state index contributed by atoms with van der Waals surface area (Å²) in [6, 6.07) is 16.1. The third kappa shape index (κ3) is 2.38. The Kier molecular flexibility index (Phi) is 3.69. The molecule has 3 aromatic rings. The summed E-state index contributed by atoms with van der Waals surface area (Å²) in [6.07, 6.45) is -0.867. The normalized spacial score (nSPS) is 12.3. The van der Waals surface area contributed by atoms with Crippen molar-refractivity contribution in [1.29, 1.82) is 0 Å². The maximum Gasteiger partial charge on any atom is 0.189 e. The molecule has 0 bridgehead atoms. The van der Waals surface area contributed by atoms with Gasteiger partial charge in [0.15, 0.2) is 5.43 Å². The second-order valence-electron chi connectivity index (χ2n) is 5.19. The Morgan fingerprint density at radius 1 is 1.09 bits per heavy atom. The number of aryl methyl sites for hydroxylation is 1. The number of benzene rings is 2. The molecule has 0 fully saturated rings. The lowest BCUT2D eigenvalue weighted by Crippen LogP contribution is -2.15. The first-order valence-corrected chi connectivity index (χ1v) is 7.02. The van der Waals surface area contributed by atoms with Gasteiger partial charge in [0.1, 0.15) is 11.9 Å². The number of hydrogen-bond donors (Lipinski definition) is 1. The van der Waals surface area contributed by atoms with E-state index in [-0.39, 0.29) is 5.43 Å². The number of fused-ring (bicyclic) bond motifs is 1. The molecule has 0 saturated heterocycles. The smallest absolute Gasteiger partial charge is 0.189 e. The molecule has 0 spiro atoms. The number of hydrogen-bond acceptors (Lipinski definition) is 3. The van der Waals surface area contributed by atoms with Crippen LogP contribution in [0.15, 0.2) is 59.4 Å². The molecule has 0 amide bonds. The van der Waals surface area contributed by atoms with Crippen LogP contribution in [0.3, 0.4) is 0 Å². The molecule has 0 saturated carbocycles. The van der Waals surface area contributed by atoms with Crippen molar-refractivity contribution in [2.24, 2.45) is 7.05 Å². The fraction of sp³-hybridized carbons (Fsp3) is 0.167. The van der Waals surface area contributed by atoms with E-state index in [0.717, 1.165) is 11.3 Å². The molecule has 4 heteroatoms. The van der Waals surface area contributed by atoms with E-state index in [1.54, 1.807) is 37.4 Å². The summed E-state index contributed by atoms with van der Waals surface area (Å²) in [5.74, 6) is 0.725. The van der Waals surface area contributed by atoms with Crippen LogP contribution in [0.25, 0.3) is 10.9 Å². The number of aromatic nitrogens is 1. The zero-order valence-electron chi connectivity index (χ0n) is 12.5. The van der Waals surface area contributed by atoms with Gasteiger partial charge in [0.2, 0.25) is 0 Å². The molecule has 2 aromatic carbocycles. The van der Waals surface area contributed by atoms with E-state index >= 15 is 0 Å². The number of aliphatic hydroxyl groups is 1. The average molecular weight is 295 g/mol. The van der Waals surface area contributed by atoms with Crippen molar-refractivity contribution in [1.82, 2.24) is 4.57 Å². The van der Waals surface area contributed by atoms with E-state index in [0.29, 0.717) is 16.6 Å². The Morgan fingerprint density at radius 2 is 1.77 bits per heavy atom. The highest BCUT2D eigenvalue weighted by atomic mass is 16.5. The minimum Gasteiger partial charge on any atom is -0.497 e. The number of ether oxygens (including phenoxy) is 1. The highest BCUT2D eigenvalue weighted by Crippen LogP contribution is 2.24. The van der Waals surface area contributed by atoms with Gasteiger partial charge in [-0.3, -0.25) is 4.79 Å². The van der Waals surface area contributed by atoms with Crippen molar-refractivity contribution in [3.8, 4) is 5.75 Å². The quantitative estimate of drug-likeness (QED) is 0.808. The topological polar surface area (TPSA) is 51.5 Å². The molecule has 3 rings (SSSR count). The Bertz CT molecular complexity index is 866. The van der Waals surface area contributed by atoms with Gasteiger partial charge in [0.25, 0.3) is 0 Å². The first kappa shape index (κ1) is 14.4. The summed E-state index contributed by atoms with van der Waals surface area (Å²) in [4.78, 5) is 12.2. The second kappa shape index (κ2) is 5.66. The van der Waals surface area contributed by atoms with Crippen LogP contribution in [0.5, 0.6) is 5.75 Å². The van der Waals surface area contributed by atoms with Crippen molar-refractivity contribution in [2.75, 3.05) is 7.11 Å². The summed E-state index contributed by atoms with van der Waals surface area (Å²) in [6.45, 7) is 0. The van der Waals surface area contributed by atoms with E-state index < -0.39 is 6.10 Å². The average Bonchev–Trinajstić information content (AvgIpc) is 2.57. The van der Waals surface area contributed by atoms with E-state index in [1.165, 1.54) is 6.07 Å². The lowest BCUT2D eigenvalue weighted by Gasteiger charge is -2.18. The molecule has 1 atom stereocenters. The van der Waals surface area contributed by atoms with Crippen LogP contribution in [-0.2, 0) is 7.05 Å². The highest BCUT2D eigenvalue weighted by molar-refractivity contribution is 5.79. The van der Waals surface area contributed by atoms with Gasteiger partial charge in [-0.1, -0.05) is 24.3 Å². The zero-order chi connectivity index (χ0) is 15.7. The largest absolute Gasteiger partial charge is 0.497 e. The summed E-state index contributed by atoms with van der Waals surface area (Å²) < 4.78 is 6.97. The van der Waals surface area contributed by atoms with Gasteiger partial charge in [-0.15, -0.1) is 0 Å². The molecule has 0 radical (unpaired) electrons.